The van der Waals surface area contributed by atoms with Crippen LogP contribution in [0.5, 0.6) is 0 Å². The summed E-state index contributed by atoms with van der Waals surface area (Å²) in [6, 6.07) is 3.18. The van der Waals surface area contributed by atoms with E-state index in [1.165, 1.54) is 30.5 Å². The molecule has 1 fully saturated rings. The van der Waals surface area contributed by atoms with Crippen molar-refractivity contribution in [1.82, 2.24) is 35.2 Å². The maximum Gasteiger partial charge on any atom is 0.469 e. The SMILES string of the molecule is CCc1ccc(-c2ccc(Cl)c3c(N(SC)C(=O)NC(COP(O)O)COP(=O)(O)O)nn(CC(F)(F)F)c23)c([C@H](Cc2cc(F)cc(F)c2)NC(=O)Cn2nc(C(F)(F)F)c3c2C(F)(F)[C@@H]2C[C@H]32)n1. The van der Waals surface area contributed by atoms with Crippen molar-refractivity contribution < 1.29 is 86.7 Å². The number of carbonyl (C=O) groups is 2. The van der Waals surface area contributed by atoms with Crippen molar-refractivity contribution in [1.29, 1.82) is 0 Å². The lowest BCUT2D eigenvalue weighted by Crippen LogP contribution is -2.46. The molecule has 0 bridgehead atoms. The van der Waals surface area contributed by atoms with Crippen LogP contribution in [0.2, 0.25) is 5.02 Å². The molecule has 0 saturated heterocycles. The first-order valence-corrected chi connectivity index (χ1v) is 24.6. The Morgan fingerprint density at radius 2 is 1.69 bits per heavy atom. The molecule has 3 heterocycles. The molecule has 0 spiro atoms. The molecular weight excluding hydrogens is 1040 g/mol. The van der Waals surface area contributed by atoms with Gasteiger partial charge in [0.05, 0.1) is 46.9 Å². The largest absolute Gasteiger partial charge is 0.469 e. The molecule has 7 rings (SSSR count). The molecule has 0 radical (unpaired) electrons. The van der Waals surface area contributed by atoms with Gasteiger partial charge in [-0.2, -0.15) is 45.3 Å². The number of alkyl halides is 8. The quantitative estimate of drug-likeness (QED) is 0.0277. The van der Waals surface area contributed by atoms with Crippen LogP contribution < -0.4 is 14.9 Å². The smallest absolute Gasteiger partial charge is 0.346 e. The van der Waals surface area contributed by atoms with Gasteiger partial charge in [0.25, 0.3) is 5.92 Å². The molecule has 2 aromatic carbocycles. The zero-order chi connectivity index (χ0) is 51.4. The third-order valence-corrected chi connectivity index (χ3v) is 12.9. The standard InChI is InChI=1S/C39H37ClF10N8O9P2S/c1-3-20-4-5-22(23-6-7-26(40)30-32(23)57(16-37(43,44)45)55-35(30)58(70-2)36(60)52-21(14-66-68(61)62)15-67-69(63,64)65)31(51-20)27(10-17-8-18(41)11-19(42)9-17)53-28(59)13-56-34-29(33(54-56)39(48,49)50)24-12-25(24)38(34,46)47/h4-9,11,21,24-25,27,61-62H,3,10,12-16H2,1-2H3,(H,52,60)(H,53,59)(H2,63,64,65)/t21?,24-,25+,27-/m0/s1. The summed E-state index contributed by atoms with van der Waals surface area (Å²) in [6.45, 7) is -3.20. The van der Waals surface area contributed by atoms with Crippen molar-refractivity contribution in [2.45, 2.75) is 75.6 Å². The summed E-state index contributed by atoms with van der Waals surface area (Å²) in [5, 5.41) is 11.6. The number of amides is 3. The maximum absolute atomic E-state index is 15.5. The summed E-state index contributed by atoms with van der Waals surface area (Å²) in [5.41, 5.74) is -4.18. The Kier molecular flexibility index (Phi) is 15.3. The Balaban J connectivity index is 1.36. The van der Waals surface area contributed by atoms with Crippen LogP contribution in [0, 0.1) is 17.6 Å². The van der Waals surface area contributed by atoms with Gasteiger partial charge in [-0.3, -0.25) is 23.7 Å². The summed E-state index contributed by atoms with van der Waals surface area (Å²) in [7, 11) is -8.25. The van der Waals surface area contributed by atoms with Gasteiger partial charge in [-0.15, -0.1) is 0 Å². The molecule has 2 aliphatic carbocycles. The van der Waals surface area contributed by atoms with Gasteiger partial charge in [0.2, 0.25) is 5.91 Å². The second-order valence-electron chi connectivity index (χ2n) is 15.9. The Hall–Kier alpha value is -4.63. The van der Waals surface area contributed by atoms with E-state index >= 15 is 8.78 Å². The second kappa shape index (κ2) is 20.1. The van der Waals surface area contributed by atoms with Crippen LogP contribution in [0.3, 0.4) is 0 Å². The number of pyridine rings is 1. The average Bonchev–Trinajstić information content (AvgIpc) is 3.75. The normalized spacial score (nSPS) is 17.4. The number of hydrogen-bond acceptors (Lipinski definition) is 11. The number of hydrogen-bond donors (Lipinski definition) is 6. The Morgan fingerprint density at radius 3 is 2.29 bits per heavy atom. The molecule has 4 atom stereocenters. The molecule has 70 heavy (non-hydrogen) atoms. The van der Waals surface area contributed by atoms with E-state index in [2.05, 4.69) is 34.9 Å². The highest BCUT2D eigenvalue weighted by atomic mass is 35.5. The lowest BCUT2D eigenvalue weighted by atomic mass is 9.93. The number of phosphoric ester groups is 1. The van der Waals surface area contributed by atoms with Crippen LogP contribution in [-0.4, -0.2) is 87.7 Å². The Labute approximate surface area is 398 Å². The molecule has 1 unspecified atom stereocenters. The minimum absolute atomic E-state index is 0.0988. The fourth-order valence-corrected chi connectivity index (χ4v) is 9.68. The predicted molar refractivity (Wildman–Crippen MR) is 230 cm³/mol. The van der Waals surface area contributed by atoms with Crippen molar-refractivity contribution in [3.8, 4) is 11.1 Å². The van der Waals surface area contributed by atoms with E-state index in [4.69, 9.17) is 11.6 Å². The number of fused-ring (bicyclic) bond motifs is 4. The molecule has 31 heteroatoms. The summed E-state index contributed by atoms with van der Waals surface area (Å²) < 4.78 is 168. The molecule has 0 aliphatic heterocycles. The molecule has 3 amide bonds. The van der Waals surface area contributed by atoms with Gasteiger partial charge < -0.3 is 34.7 Å². The highest BCUT2D eigenvalue weighted by Gasteiger charge is 2.68. The fourth-order valence-electron chi connectivity index (χ4n) is 8.24. The van der Waals surface area contributed by atoms with Gasteiger partial charge in [-0.05, 0) is 67.0 Å². The topological polar surface area (TPSA) is 226 Å². The molecule has 1 saturated carbocycles. The van der Waals surface area contributed by atoms with Crippen molar-refractivity contribution in [2.24, 2.45) is 5.92 Å². The van der Waals surface area contributed by atoms with E-state index in [0.717, 1.165) is 12.1 Å². The average molecular weight is 1080 g/mol. The number of nitrogens with one attached hydrogen (secondary N) is 2. The molecule has 17 nitrogen and oxygen atoms in total. The van der Waals surface area contributed by atoms with Crippen LogP contribution in [0.1, 0.15) is 59.2 Å². The molecule has 380 valence electrons. The number of carbonyl (C=O) groups excluding carboxylic acids is 2. The van der Waals surface area contributed by atoms with Crippen molar-refractivity contribution in [3.63, 3.8) is 0 Å². The van der Waals surface area contributed by atoms with Gasteiger partial charge in [-0.25, -0.2) is 22.4 Å². The molecule has 3 aromatic heterocycles. The monoisotopic (exact) mass is 1080 g/mol. The first-order valence-electron chi connectivity index (χ1n) is 20.3. The third kappa shape index (κ3) is 11.7. The van der Waals surface area contributed by atoms with E-state index in [0.29, 0.717) is 27.0 Å². The summed E-state index contributed by atoms with van der Waals surface area (Å²) in [6.07, 6.45) is -9.54. The lowest BCUT2D eigenvalue weighted by Gasteiger charge is -2.24. The van der Waals surface area contributed by atoms with E-state index in [1.807, 2.05) is 0 Å². The van der Waals surface area contributed by atoms with E-state index < -0.39 is 143 Å². The molecular formula is C39H37ClF10N8O9P2S. The van der Waals surface area contributed by atoms with E-state index in [-0.39, 0.29) is 56.0 Å². The fraction of sp³-hybridized carbons (Fsp3) is 0.410. The molecule has 5 aromatic rings. The van der Waals surface area contributed by atoms with Crippen LogP contribution in [-0.2, 0) is 56.4 Å². The predicted octanol–water partition coefficient (Wildman–Crippen LogP) is 8.18. The lowest BCUT2D eigenvalue weighted by molar-refractivity contribution is -0.143. The van der Waals surface area contributed by atoms with E-state index in [9.17, 15) is 68.9 Å². The highest BCUT2D eigenvalue weighted by Crippen LogP contribution is 2.68. The van der Waals surface area contributed by atoms with Gasteiger partial charge in [0.1, 0.15) is 30.4 Å². The number of aryl methyl sites for hydroxylation is 1. The highest BCUT2D eigenvalue weighted by molar-refractivity contribution is 8.00. The minimum Gasteiger partial charge on any atom is -0.346 e. The van der Waals surface area contributed by atoms with Gasteiger partial charge in [0, 0.05) is 40.6 Å². The second-order valence-corrected chi connectivity index (χ2v) is 19.0. The summed E-state index contributed by atoms with van der Waals surface area (Å²) in [5.74, 6) is -10.3. The first kappa shape index (κ1) is 53.2. The van der Waals surface area contributed by atoms with Crippen molar-refractivity contribution >= 4 is 68.6 Å². The summed E-state index contributed by atoms with van der Waals surface area (Å²) >= 11 is 7.23. The van der Waals surface area contributed by atoms with Gasteiger partial charge >= 0.3 is 34.8 Å². The maximum atomic E-state index is 15.5. The Bertz CT molecular complexity index is 2850. The van der Waals surface area contributed by atoms with Crippen molar-refractivity contribution in [2.75, 3.05) is 23.8 Å². The number of nitrogens with zero attached hydrogens (tertiary/aromatic N) is 6. The first-order chi connectivity index (χ1) is 32.6. The zero-order valence-corrected chi connectivity index (χ0v) is 39.1. The van der Waals surface area contributed by atoms with Crippen LogP contribution in [0.25, 0.3) is 22.0 Å². The number of rotatable bonds is 18. The number of benzene rings is 2. The summed E-state index contributed by atoms with van der Waals surface area (Å²) in [4.78, 5) is 69.5. The number of urea groups is 1. The number of anilines is 1. The third-order valence-electron chi connectivity index (χ3n) is 11.0. The molecule has 2 aliphatic rings. The van der Waals surface area contributed by atoms with Gasteiger partial charge in [0.15, 0.2) is 11.5 Å². The molecule has 6 N–H and O–H groups in total. The zero-order valence-electron chi connectivity index (χ0n) is 35.8. The van der Waals surface area contributed by atoms with Crippen LogP contribution in [0.4, 0.5) is 54.5 Å². The number of aromatic nitrogens is 5. The Morgan fingerprint density at radius 1 is 1.01 bits per heavy atom. The van der Waals surface area contributed by atoms with Crippen molar-refractivity contribution in [3.05, 3.63) is 93.0 Å². The number of halogens is 11. The van der Waals surface area contributed by atoms with Gasteiger partial charge in [-0.1, -0.05) is 30.7 Å². The van der Waals surface area contributed by atoms with Crippen LogP contribution in [0.15, 0.2) is 42.5 Å². The van der Waals surface area contributed by atoms with E-state index in [1.54, 1.807) is 6.92 Å². The van der Waals surface area contributed by atoms with Crippen LogP contribution >= 0.6 is 40.0 Å². The number of phosphoric acid groups is 1. The minimum atomic E-state index is -5.18.